The van der Waals surface area contributed by atoms with Gasteiger partial charge in [0.15, 0.2) is 0 Å². The summed E-state index contributed by atoms with van der Waals surface area (Å²) in [5.74, 6) is 2.93. The molecule has 1 atom stereocenters. The lowest BCUT2D eigenvalue weighted by atomic mass is 9.47. The molecule has 1 unspecified atom stereocenters. The van der Waals surface area contributed by atoms with Gasteiger partial charge in [0.2, 0.25) is 0 Å². The van der Waals surface area contributed by atoms with Crippen LogP contribution in [0.1, 0.15) is 49.4 Å². The van der Waals surface area contributed by atoms with Crippen molar-refractivity contribution < 1.29 is 0 Å². The van der Waals surface area contributed by atoms with E-state index < -0.39 is 0 Å². The van der Waals surface area contributed by atoms with Crippen LogP contribution in [-0.2, 0) is 0 Å². The highest BCUT2D eigenvalue weighted by Crippen LogP contribution is 2.64. The zero-order valence-electron chi connectivity index (χ0n) is 10.9. The Balaban J connectivity index is 1.67. The van der Waals surface area contributed by atoms with Crippen LogP contribution in [0.25, 0.3) is 0 Å². The smallest absolute Gasteiger partial charge is 0.0843 e. The molecule has 4 aliphatic rings. The van der Waals surface area contributed by atoms with Gasteiger partial charge in [0.05, 0.1) is 3.79 Å². The van der Waals surface area contributed by atoms with Gasteiger partial charge in [0, 0.05) is 15.4 Å². The third kappa shape index (κ3) is 2.09. The van der Waals surface area contributed by atoms with Crippen molar-refractivity contribution in [2.24, 2.45) is 28.9 Å². The molecular formula is C15H19Br2NS. The number of nitrogens with two attached hydrogens (primary N) is 1. The fraction of sp³-hybridized carbons (Fsp3) is 0.733. The first kappa shape index (κ1) is 13.3. The van der Waals surface area contributed by atoms with E-state index in [4.69, 9.17) is 5.73 Å². The third-order valence-electron chi connectivity index (χ3n) is 5.72. The summed E-state index contributed by atoms with van der Waals surface area (Å²) in [7, 11) is 0. The lowest BCUT2D eigenvalue weighted by molar-refractivity contribution is -0.0672. The van der Waals surface area contributed by atoms with Crippen molar-refractivity contribution in [3.8, 4) is 0 Å². The van der Waals surface area contributed by atoms with Crippen LogP contribution < -0.4 is 5.73 Å². The lowest BCUT2D eigenvalue weighted by Crippen LogP contribution is -2.50. The Kier molecular flexibility index (Phi) is 3.19. The van der Waals surface area contributed by atoms with Gasteiger partial charge in [-0.3, -0.25) is 0 Å². The minimum absolute atomic E-state index is 0.244. The van der Waals surface area contributed by atoms with Crippen LogP contribution in [0.4, 0.5) is 0 Å². The maximum atomic E-state index is 6.75. The zero-order chi connectivity index (χ0) is 13.2. The first-order valence-corrected chi connectivity index (χ1v) is 9.66. The fourth-order valence-electron chi connectivity index (χ4n) is 5.38. The topological polar surface area (TPSA) is 26.0 Å². The van der Waals surface area contributed by atoms with Gasteiger partial charge in [0.25, 0.3) is 0 Å². The highest BCUT2D eigenvalue weighted by Gasteiger charge is 2.53. The first-order chi connectivity index (χ1) is 9.06. The molecule has 0 aliphatic heterocycles. The zero-order valence-corrected chi connectivity index (χ0v) is 14.9. The van der Waals surface area contributed by atoms with Crippen LogP contribution in [0.5, 0.6) is 0 Å². The van der Waals surface area contributed by atoms with E-state index >= 15 is 0 Å². The van der Waals surface area contributed by atoms with E-state index in [9.17, 15) is 0 Å². The molecule has 0 saturated heterocycles. The largest absolute Gasteiger partial charge is 0.323 e. The van der Waals surface area contributed by atoms with E-state index in [1.54, 1.807) is 0 Å². The maximum Gasteiger partial charge on any atom is 0.0843 e. The molecule has 0 amide bonds. The monoisotopic (exact) mass is 403 g/mol. The van der Waals surface area contributed by atoms with E-state index in [0.29, 0.717) is 5.41 Å². The molecule has 5 rings (SSSR count). The van der Waals surface area contributed by atoms with Crippen LogP contribution in [-0.4, -0.2) is 0 Å². The predicted molar refractivity (Wildman–Crippen MR) is 87.3 cm³/mol. The Morgan fingerprint density at radius 1 is 1.11 bits per heavy atom. The summed E-state index contributed by atoms with van der Waals surface area (Å²) >= 11 is 9.03. The van der Waals surface area contributed by atoms with Gasteiger partial charge in [-0.15, -0.1) is 11.3 Å². The molecule has 1 aromatic rings. The van der Waals surface area contributed by atoms with Gasteiger partial charge in [-0.25, -0.2) is 0 Å². The highest BCUT2D eigenvalue weighted by atomic mass is 79.9. The predicted octanol–water partition coefficient (Wildman–Crippen LogP) is 5.49. The highest BCUT2D eigenvalue weighted by molar-refractivity contribution is 9.13. The molecule has 0 aromatic carbocycles. The molecule has 1 aromatic heterocycles. The summed E-state index contributed by atoms with van der Waals surface area (Å²) in [4.78, 5) is 1.36. The SMILES string of the molecule is NC(c1cc(Br)c(Br)s1)C12CC3CC(CC(C3)C1)C2. The summed E-state index contributed by atoms with van der Waals surface area (Å²) < 4.78 is 2.34. The molecule has 0 radical (unpaired) electrons. The minimum Gasteiger partial charge on any atom is -0.323 e. The Labute approximate surface area is 135 Å². The molecule has 4 aliphatic carbocycles. The normalized spacial score (nSPS) is 41.7. The first-order valence-electron chi connectivity index (χ1n) is 7.26. The summed E-state index contributed by atoms with van der Waals surface area (Å²) in [6.07, 6.45) is 8.62. The number of thiophene rings is 1. The second kappa shape index (κ2) is 4.56. The van der Waals surface area contributed by atoms with Crippen molar-refractivity contribution in [3.63, 3.8) is 0 Å². The summed E-state index contributed by atoms with van der Waals surface area (Å²) in [5.41, 5.74) is 7.16. The molecule has 1 heterocycles. The molecule has 2 N–H and O–H groups in total. The molecule has 1 nitrogen and oxygen atoms in total. The van der Waals surface area contributed by atoms with Crippen LogP contribution in [0.2, 0.25) is 0 Å². The van der Waals surface area contributed by atoms with Crippen LogP contribution >= 0.6 is 43.2 Å². The molecule has 19 heavy (non-hydrogen) atoms. The van der Waals surface area contributed by atoms with Crippen molar-refractivity contribution in [2.75, 3.05) is 0 Å². The molecule has 4 bridgehead atoms. The van der Waals surface area contributed by atoms with E-state index in [2.05, 4.69) is 37.9 Å². The molecule has 4 heteroatoms. The van der Waals surface area contributed by atoms with Gasteiger partial charge in [-0.1, -0.05) is 0 Å². The molecule has 4 fully saturated rings. The second-order valence-corrected chi connectivity index (χ2v) is 10.3. The van der Waals surface area contributed by atoms with Crippen LogP contribution in [0.3, 0.4) is 0 Å². The summed E-state index contributed by atoms with van der Waals surface area (Å²) in [5, 5.41) is 0. The molecule has 0 spiro atoms. The van der Waals surface area contributed by atoms with Crippen molar-refractivity contribution in [1.82, 2.24) is 0 Å². The number of hydrogen-bond acceptors (Lipinski definition) is 2. The average Bonchev–Trinajstić information content (AvgIpc) is 2.67. The Morgan fingerprint density at radius 3 is 2.05 bits per heavy atom. The van der Waals surface area contributed by atoms with E-state index in [0.717, 1.165) is 22.2 Å². The fourth-order valence-corrected chi connectivity index (χ4v) is 7.61. The average molecular weight is 405 g/mol. The Hall–Kier alpha value is 0.620. The van der Waals surface area contributed by atoms with Gasteiger partial charge < -0.3 is 5.73 Å². The number of halogens is 2. The van der Waals surface area contributed by atoms with Crippen molar-refractivity contribution in [3.05, 3.63) is 19.2 Å². The Morgan fingerprint density at radius 2 is 1.63 bits per heavy atom. The van der Waals surface area contributed by atoms with Crippen molar-refractivity contribution in [2.45, 2.75) is 44.6 Å². The van der Waals surface area contributed by atoms with Gasteiger partial charge >= 0.3 is 0 Å². The van der Waals surface area contributed by atoms with Crippen molar-refractivity contribution in [1.29, 1.82) is 0 Å². The number of rotatable bonds is 2. The molecule has 104 valence electrons. The standard InChI is InChI=1S/C15H19Br2NS/c16-11-4-12(19-14(11)17)13(18)15-5-8-1-9(6-15)3-10(2-8)7-15/h4,8-10,13H,1-3,5-7,18H2. The number of hydrogen-bond donors (Lipinski definition) is 1. The van der Waals surface area contributed by atoms with Gasteiger partial charge in [-0.2, -0.15) is 0 Å². The van der Waals surface area contributed by atoms with Gasteiger partial charge in [0.1, 0.15) is 0 Å². The van der Waals surface area contributed by atoms with E-state index in [-0.39, 0.29) is 6.04 Å². The molecule has 4 saturated carbocycles. The lowest BCUT2D eigenvalue weighted by Gasteiger charge is -2.58. The van der Waals surface area contributed by atoms with E-state index in [1.165, 1.54) is 47.2 Å². The summed E-state index contributed by atoms with van der Waals surface area (Å²) in [6, 6.07) is 2.48. The molecular weight excluding hydrogens is 386 g/mol. The third-order valence-corrected chi connectivity index (χ3v) is 9.06. The van der Waals surface area contributed by atoms with Crippen LogP contribution in [0, 0.1) is 23.2 Å². The van der Waals surface area contributed by atoms with E-state index in [1.807, 2.05) is 11.3 Å². The van der Waals surface area contributed by atoms with Gasteiger partial charge in [-0.05, 0) is 99.6 Å². The van der Waals surface area contributed by atoms with Crippen molar-refractivity contribution >= 4 is 43.2 Å². The second-order valence-electron chi connectivity index (χ2n) is 7.03. The Bertz CT molecular complexity index is 455. The summed E-state index contributed by atoms with van der Waals surface area (Å²) in [6.45, 7) is 0. The van der Waals surface area contributed by atoms with Crippen LogP contribution in [0.15, 0.2) is 14.3 Å². The minimum atomic E-state index is 0.244. The quantitative estimate of drug-likeness (QED) is 0.692. The maximum absolute atomic E-state index is 6.75.